The Hall–Kier alpha value is -2.30. The molecule has 3 N–H and O–H groups in total. The van der Waals surface area contributed by atoms with Gasteiger partial charge in [0.25, 0.3) is 0 Å². The molecule has 0 bridgehead atoms. The van der Waals surface area contributed by atoms with Crippen molar-refractivity contribution in [1.82, 2.24) is 20.2 Å². The van der Waals surface area contributed by atoms with Crippen LogP contribution in [0.5, 0.6) is 0 Å². The van der Waals surface area contributed by atoms with Gasteiger partial charge in [-0.2, -0.15) is 13.2 Å². The molecule has 1 unspecified atom stereocenters. The summed E-state index contributed by atoms with van der Waals surface area (Å²) >= 11 is 0.813. The molecule has 0 saturated heterocycles. The number of rotatable bonds is 5. The van der Waals surface area contributed by atoms with Crippen LogP contribution in [0.15, 0.2) is 29.4 Å². The zero-order valence-corrected chi connectivity index (χ0v) is 13.2. The third-order valence-corrected chi connectivity index (χ3v) is 3.95. The number of carbonyl (C=O) groups is 1. The standard InChI is InChI=1S/C13H13F4N5OS/c1-7(11(23)19-6-13(15,16)17)24-12-21-20-10(22(12)18)8-4-2-3-5-9(8)14/h2-5,7H,6,18H2,1H3,(H,19,23). The number of carbonyl (C=O) groups excluding carboxylic acids is 1. The summed E-state index contributed by atoms with van der Waals surface area (Å²) in [6.45, 7) is -0.0274. The van der Waals surface area contributed by atoms with E-state index < -0.39 is 29.7 Å². The number of benzene rings is 1. The van der Waals surface area contributed by atoms with Gasteiger partial charge in [0.05, 0.1) is 10.8 Å². The van der Waals surface area contributed by atoms with Gasteiger partial charge in [-0.15, -0.1) is 10.2 Å². The van der Waals surface area contributed by atoms with Crippen molar-refractivity contribution in [1.29, 1.82) is 0 Å². The average molecular weight is 363 g/mol. The molecule has 24 heavy (non-hydrogen) atoms. The van der Waals surface area contributed by atoms with Crippen LogP contribution in [-0.4, -0.2) is 38.8 Å². The third-order valence-electron chi connectivity index (χ3n) is 2.89. The Kier molecular flexibility index (Phi) is 5.32. The van der Waals surface area contributed by atoms with E-state index in [0.717, 1.165) is 16.4 Å². The Morgan fingerprint density at radius 3 is 2.67 bits per heavy atom. The number of nitrogen functional groups attached to an aromatic ring is 1. The number of alkyl halides is 3. The summed E-state index contributed by atoms with van der Waals surface area (Å²) in [4.78, 5) is 11.6. The molecule has 1 aromatic carbocycles. The van der Waals surface area contributed by atoms with E-state index in [2.05, 4.69) is 10.2 Å². The smallest absolute Gasteiger partial charge is 0.346 e. The lowest BCUT2D eigenvalue weighted by atomic mass is 10.2. The molecule has 2 rings (SSSR count). The van der Waals surface area contributed by atoms with Gasteiger partial charge in [-0.05, 0) is 19.1 Å². The van der Waals surface area contributed by atoms with Crippen molar-refractivity contribution in [2.24, 2.45) is 0 Å². The van der Waals surface area contributed by atoms with Gasteiger partial charge in [0.1, 0.15) is 12.4 Å². The molecule has 0 spiro atoms. The molecule has 6 nitrogen and oxygen atoms in total. The van der Waals surface area contributed by atoms with Gasteiger partial charge in [0.15, 0.2) is 5.82 Å². The largest absolute Gasteiger partial charge is 0.405 e. The summed E-state index contributed by atoms with van der Waals surface area (Å²) in [6.07, 6.45) is -4.49. The highest BCUT2D eigenvalue weighted by Crippen LogP contribution is 2.26. The van der Waals surface area contributed by atoms with Crippen molar-refractivity contribution >= 4 is 17.7 Å². The van der Waals surface area contributed by atoms with Gasteiger partial charge in [-0.1, -0.05) is 23.9 Å². The Balaban J connectivity index is 2.09. The molecule has 11 heteroatoms. The summed E-state index contributed by atoms with van der Waals surface area (Å²) in [5, 5.41) is 8.45. The number of hydrogen-bond acceptors (Lipinski definition) is 5. The van der Waals surface area contributed by atoms with Gasteiger partial charge in [0, 0.05) is 0 Å². The van der Waals surface area contributed by atoms with Crippen molar-refractivity contribution in [3.05, 3.63) is 30.1 Å². The van der Waals surface area contributed by atoms with Crippen LogP contribution in [0, 0.1) is 5.82 Å². The van der Waals surface area contributed by atoms with E-state index in [0.29, 0.717) is 0 Å². The number of hydrogen-bond donors (Lipinski definition) is 2. The first-order valence-corrected chi connectivity index (χ1v) is 7.53. The van der Waals surface area contributed by atoms with Crippen molar-refractivity contribution in [2.45, 2.75) is 23.5 Å². The molecule has 0 fully saturated rings. The number of amides is 1. The highest BCUT2D eigenvalue weighted by molar-refractivity contribution is 8.00. The second kappa shape index (κ2) is 7.07. The number of thioether (sulfide) groups is 1. The first-order chi connectivity index (χ1) is 11.2. The maximum atomic E-state index is 13.8. The third kappa shape index (κ3) is 4.37. The van der Waals surface area contributed by atoms with Crippen LogP contribution in [0.25, 0.3) is 11.4 Å². The fourth-order valence-corrected chi connectivity index (χ4v) is 2.52. The van der Waals surface area contributed by atoms with Crippen LogP contribution in [0.1, 0.15) is 6.92 Å². The fourth-order valence-electron chi connectivity index (χ4n) is 1.73. The highest BCUT2D eigenvalue weighted by atomic mass is 32.2. The Morgan fingerprint density at radius 2 is 2.04 bits per heavy atom. The minimum Gasteiger partial charge on any atom is -0.346 e. The van der Waals surface area contributed by atoms with Crippen molar-refractivity contribution in [2.75, 3.05) is 12.4 Å². The Morgan fingerprint density at radius 1 is 1.38 bits per heavy atom. The monoisotopic (exact) mass is 363 g/mol. The molecule has 0 aliphatic carbocycles. The lowest BCUT2D eigenvalue weighted by molar-refractivity contribution is -0.137. The predicted octanol–water partition coefficient (Wildman–Crippen LogP) is 1.96. The Labute approximate surface area is 138 Å². The average Bonchev–Trinajstić information content (AvgIpc) is 2.85. The summed E-state index contributed by atoms with van der Waals surface area (Å²) in [5.74, 6) is 4.45. The van der Waals surface area contributed by atoms with Gasteiger partial charge < -0.3 is 11.2 Å². The first kappa shape index (κ1) is 18.0. The molecule has 1 heterocycles. The molecule has 1 atom stereocenters. The number of nitrogens with one attached hydrogen (secondary N) is 1. The molecule has 1 aromatic heterocycles. The molecular weight excluding hydrogens is 350 g/mol. The number of nitrogens with two attached hydrogens (primary N) is 1. The van der Waals surface area contributed by atoms with Crippen LogP contribution in [0.2, 0.25) is 0 Å². The minimum atomic E-state index is -4.49. The van der Waals surface area contributed by atoms with Crippen LogP contribution in [-0.2, 0) is 4.79 Å². The molecule has 1 amide bonds. The van der Waals surface area contributed by atoms with E-state index in [9.17, 15) is 22.4 Å². The minimum absolute atomic E-state index is 0.0403. The lowest BCUT2D eigenvalue weighted by Crippen LogP contribution is -2.38. The second-order valence-electron chi connectivity index (χ2n) is 4.75. The van der Waals surface area contributed by atoms with Gasteiger partial charge in [0.2, 0.25) is 11.1 Å². The summed E-state index contributed by atoms with van der Waals surface area (Å²) in [5.41, 5.74) is 0.119. The van der Waals surface area contributed by atoms with Gasteiger partial charge >= 0.3 is 6.18 Å². The molecule has 0 aliphatic rings. The van der Waals surface area contributed by atoms with E-state index in [1.54, 1.807) is 11.4 Å². The van der Waals surface area contributed by atoms with Gasteiger partial charge in [-0.25, -0.2) is 9.07 Å². The molecule has 130 valence electrons. The normalized spacial score (nSPS) is 12.9. The fraction of sp³-hybridized carbons (Fsp3) is 0.308. The summed E-state index contributed by atoms with van der Waals surface area (Å²) in [6, 6.07) is 5.77. The van der Waals surface area contributed by atoms with Crippen molar-refractivity contribution < 1.29 is 22.4 Å². The van der Waals surface area contributed by atoms with E-state index in [1.165, 1.54) is 25.1 Å². The zero-order chi connectivity index (χ0) is 17.9. The van der Waals surface area contributed by atoms with E-state index in [-0.39, 0.29) is 16.5 Å². The topological polar surface area (TPSA) is 85.8 Å². The molecule has 0 radical (unpaired) electrons. The van der Waals surface area contributed by atoms with E-state index >= 15 is 0 Å². The zero-order valence-electron chi connectivity index (χ0n) is 12.3. The van der Waals surface area contributed by atoms with E-state index in [1.807, 2.05) is 0 Å². The maximum Gasteiger partial charge on any atom is 0.405 e. The maximum absolute atomic E-state index is 13.8. The second-order valence-corrected chi connectivity index (χ2v) is 6.06. The molecule has 0 aliphatic heterocycles. The summed E-state index contributed by atoms with van der Waals surface area (Å²) in [7, 11) is 0. The van der Waals surface area contributed by atoms with Crippen LogP contribution in [0.4, 0.5) is 17.6 Å². The van der Waals surface area contributed by atoms with Crippen LogP contribution >= 0.6 is 11.8 Å². The lowest BCUT2D eigenvalue weighted by Gasteiger charge is -2.12. The van der Waals surface area contributed by atoms with Crippen molar-refractivity contribution in [3.8, 4) is 11.4 Å². The quantitative estimate of drug-likeness (QED) is 0.482. The number of aromatic nitrogens is 3. The highest BCUT2D eigenvalue weighted by Gasteiger charge is 2.29. The van der Waals surface area contributed by atoms with Crippen LogP contribution in [0.3, 0.4) is 0 Å². The SMILES string of the molecule is CC(Sc1nnc(-c2ccccc2F)n1N)C(=O)NCC(F)(F)F. The molecular formula is C13H13F4N5OS. The molecule has 2 aromatic rings. The van der Waals surface area contributed by atoms with Crippen LogP contribution < -0.4 is 11.2 Å². The molecule has 0 saturated carbocycles. The van der Waals surface area contributed by atoms with Gasteiger partial charge in [-0.3, -0.25) is 4.79 Å². The Bertz CT molecular complexity index is 733. The summed E-state index contributed by atoms with van der Waals surface area (Å²) < 4.78 is 51.0. The number of nitrogens with zero attached hydrogens (tertiary/aromatic N) is 3. The first-order valence-electron chi connectivity index (χ1n) is 6.65. The van der Waals surface area contributed by atoms with E-state index in [4.69, 9.17) is 5.84 Å². The predicted molar refractivity (Wildman–Crippen MR) is 80.0 cm³/mol. The number of halogens is 4. The van der Waals surface area contributed by atoms with Crippen molar-refractivity contribution in [3.63, 3.8) is 0 Å².